The molecule has 0 aliphatic carbocycles. The molecule has 3 rings (SSSR count). The van der Waals surface area contributed by atoms with Gasteiger partial charge in [-0.25, -0.2) is 4.99 Å². The Morgan fingerprint density at radius 1 is 0.867 bits per heavy atom. The molecular weight excluding hydrogens is 378 g/mol. The Morgan fingerprint density at radius 2 is 1.53 bits per heavy atom. The van der Waals surface area contributed by atoms with Gasteiger partial charge in [0.25, 0.3) is 0 Å². The third-order valence-corrected chi connectivity index (χ3v) is 4.33. The first-order chi connectivity index (χ1) is 14.6. The number of methoxy groups -OCH3 is 1. The lowest BCUT2D eigenvalue weighted by molar-refractivity contribution is 0.262. The normalized spacial score (nSPS) is 12.2. The molecule has 0 spiro atoms. The molecule has 5 heteroatoms. The third kappa shape index (κ3) is 6.01. The van der Waals surface area contributed by atoms with Gasteiger partial charge in [0, 0.05) is 6.07 Å². The van der Waals surface area contributed by atoms with E-state index in [-0.39, 0.29) is 0 Å². The summed E-state index contributed by atoms with van der Waals surface area (Å²) in [6.45, 7) is 6.48. The average Bonchev–Trinajstić information content (AvgIpc) is 2.76. The second kappa shape index (κ2) is 10.3. The lowest BCUT2D eigenvalue weighted by Gasteiger charge is -2.18. The van der Waals surface area contributed by atoms with E-state index in [1.165, 1.54) is 5.56 Å². The minimum atomic E-state index is -0.421. The molecule has 0 fully saturated rings. The van der Waals surface area contributed by atoms with Crippen LogP contribution in [0.25, 0.3) is 0 Å². The van der Waals surface area contributed by atoms with Crippen LogP contribution in [0.2, 0.25) is 0 Å². The van der Waals surface area contributed by atoms with Gasteiger partial charge >= 0.3 is 0 Å². The van der Waals surface area contributed by atoms with E-state index in [2.05, 4.69) is 0 Å². The summed E-state index contributed by atoms with van der Waals surface area (Å²) in [5, 5.41) is 0. The minimum Gasteiger partial charge on any atom is -0.497 e. The van der Waals surface area contributed by atoms with Crippen molar-refractivity contribution in [3.8, 4) is 23.0 Å². The van der Waals surface area contributed by atoms with Crippen molar-refractivity contribution in [1.29, 1.82) is 0 Å². The summed E-state index contributed by atoms with van der Waals surface area (Å²) in [6.07, 6.45) is -0.421. The highest BCUT2D eigenvalue weighted by atomic mass is 16.5. The number of rotatable bonds is 8. The van der Waals surface area contributed by atoms with E-state index in [9.17, 15) is 0 Å². The van der Waals surface area contributed by atoms with Crippen LogP contribution in [0.15, 0.2) is 77.8 Å². The maximum Gasteiger partial charge on any atom is 0.236 e. The molecule has 0 radical (unpaired) electrons. The van der Waals surface area contributed by atoms with Gasteiger partial charge in [0.15, 0.2) is 6.10 Å². The molecule has 0 bridgehead atoms. The summed E-state index contributed by atoms with van der Waals surface area (Å²) < 4.78 is 23.0. The number of hydrogen-bond acceptors (Lipinski definition) is 5. The van der Waals surface area contributed by atoms with Crippen molar-refractivity contribution >= 4 is 11.6 Å². The molecule has 1 atom stereocenters. The van der Waals surface area contributed by atoms with Crippen LogP contribution in [0.1, 0.15) is 19.4 Å². The first-order valence-electron chi connectivity index (χ1n) is 9.94. The molecule has 0 aliphatic heterocycles. The predicted molar refractivity (Wildman–Crippen MR) is 120 cm³/mol. The quantitative estimate of drug-likeness (QED) is 0.342. The molecule has 0 N–H and O–H groups in total. The highest BCUT2D eigenvalue weighted by Gasteiger charge is 2.17. The summed E-state index contributed by atoms with van der Waals surface area (Å²) in [5.74, 6) is 3.30. The Balaban J connectivity index is 1.85. The molecular formula is C25H27NO4. The van der Waals surface area contributed by atoms with Gasteiger partial charge in [-0.05, 0) is 69.3 Å². The Hall–Kier alpha value is -3.47. The molecule has 5 nitrogen and oxygen atoms in total. The number of aryl methyl sites for hydroxylation is 1. The van der Waals surface area contributed by atoms with Crippen molar-refractivity contribution in [2.45, 2.75) is 26.9 Å². The van der Waals surface area contributed by atoms with Crippen LogP contribution in [-0.4, -0.2) is 25.7 Å². The maximum absolute atomic E-state index is 6.13. The van der Waals surface area contributed by atoms with E-state index < -0.39 is 6.10 Å². The molecule has 0 saturated carbocycles. The zero-order valence-corrected chi connectivity index (χ0v) is 17.8. The van der Waals surface area contributed by atoms with E-state index in [4.69, 9.17) is 23.9 Å². The van der Waals surface area contributed by atoms with Gasteiger partial charge in [0.05, 0.1) is 19.4 Å². The van der Waals surface area contributed by atoms with E-state index in [1.807, 2.05) is 93.6 Å². The van der Waals surface area contributed by atoms with E-state index in [0.717, 1.165) is 17.2 Å². The van der Waals surface area contributed by atoms with Crippen molar-refractivity contribution < 1.29 is 18.9 Å². The topological polar surface area (TPSA) is 49.3 Å². The van der Waals surface area contributed by atoms with Gasteiger partial charge in [-0.3, -0.25) is 0 Å². The maximum atomic E-state index is 6.13. The zero-order chi connectivity index (χ0) is 21.3. The molecule has 30 heavy (non-hydrogen) atoms. The highest BCUT2D eigenvalue weighted by molar-refractivity contribution is 5.85. The first-order valence-corrected chi connectivity index (χ1v) is 9.94. The summed E-state index contributed by atoms with van der Waals surface area (Å²) in [4.78, 5) is 4.70. The molecule has 3 aromatic carbocycles. The number of hydrogen-bond donors (Lipinski definition) is 0. The molecule has 0 amide bonds. The smallest absolute Gasteiger partial charge is 0.236 e. The van der Waals surface area contributed by atoms with Crippen molar-refractivity contribution in [2.75, 3.05) is 13.7 Å². The number of nitrogens with zero attached hydrogens (tertiary/aromatic N) is 1. The Bertz CT molecular complexity index is 965. The summed E-state index contributed by atoms with van der Waals surface area (Å²) in [6, 6.07) is 22.8. The van der Waals surface area contributed by atoms with Crippen molar-refractivity contribution in [3.63, 3.8) is 0 Å². The highest BCUT2D eigenvalue weighted by Crippen LogP contribution is 2.23. The molecule has 0 saturated heterocycles. The molecule has 3 aromatic rings. The fraction of sp³-hybridized carbons (Fsp3) is 0.240. The van der Waals surface area contributed by atoms with Gasteiger partial charge < -0.3 is 18.9 Å². The van der Waals surface area contributed by atoms with Crippen LogP contribution in [-0.2, 0) is 0 Å². The Labute approximate surface area is 177 Å². The van der Waals surface area contributed by atoms with Crippen molar-refractivity contribution in [3.05, 3.63) is 78.4 Å². The SMILES string of the molecule is CCOc1cccc(OC(=Nc2ccc(C)cc2)C(C)Oc2ccc(OC)cc2)c1. The average molecular weight is 405 g/mol. The first kappa shape index (κ1) is 21.2. The second-order valence-electron chi connectivity index (χ2n) is 6.73. The van der Waals surface area contributed by atoms with Crippen molar-refractivity contribution in [2.24, 2.45) is 4.99 Å². The molecule has 0 aromatic heterocycles. The molecule has 0 aliphatic rings. The monoisotopic (exact) mass is 405 g/mol. The predicted octanol–water partition coefficient (Wildman–Crippen LogP) is 5.98. The summed E-state index contributed by atoms with van der Waals surface area (Å²) in [7, 11) is 1.63. The number of benzene rings is 3. The van der Waals surface area contributed by atoms with Crippen LogP contribution in [0.5, 0.6) is 23.0 Å². The van der Waals surface area contributed by atoms with Gasteiger partial charge in [-0.1, -0.05) is 23.8 Å². The third-order valence-electron chi connectivity index (χ3n) is 4.33. The van der Waals surface area contributed by atoms with Gasteiger partial charge in [-0.2, -0.15) is 0 Å². The Morgan fingerprint density at radius 3 is 2.20 bits per heavy atom. The standard InChI is InChI=1S/C25H27NO4/c1-5-28-23-7-6-8-24(17-23)30-25(26-20-11-9-18(2)10-12-20)19(3)29-22-15-13-21(27-4)14-16-22/h6-17,19H,5H2,1-4H3. The second-order valence-corrected chi connectivity index (χ2v) is 6.73. The van der Waals surface area contributed by atoms with E-state index >= 15 is 0 Å². The van der Waals surface area contributed by atoms with Crippen molar-refractivity contribution in [1.82, 2.24) is 0 Å². The summed E-state index contributed by atoms with van der Waals surface area (Å²) in [5.41, 5.74) is 1.96. The minimum absolute atomic E-state index is 0.421. The molecule has 156 valence electrons. The fourth-order valence-corrected chi connectivity index (χ4v) is 2.77. The van der Waals surface area contributed by atoms with Crippen LogP contribution < -0.4 is 18.9 Å². The lowest BCUT2D eigenvalue weighted by Crippen LogP contribution is -2.28. The largest absolute Gasteiger partial charge is 0.497 e. The van der Waals surface area contributed by atoms with Crippen LogP contribution in [0, 0.1) is 6.92 Å². The van der Waals surface area contributed by atoms with E-state index in [1.54, 1.807) is 7.11 Å². The Kier molecular flexibility index (Phi) is 7.33. The lowest BCUT2D eigenvalue weighted by atomic mass is 10.2. The van der Waals surface area contributed by atoms with Gasteiger partial charge in [-0.15, -0.1) is 0 Å². The van der Waals surface area contributed by atoms with Crippen LogP contribution in [0.4, 0.5) is 5.69 Å². The molecule has 0 heterocycles. The van der Waals surface area contributed by atoms with E-state index in [0.29, 0.717) is 24.0 Å². The van der Waals surface area contributed by atoms with Gasteiger partial charge in [0.1, 0.15) is 23.0 Å². The zero-order valence-electron chi connectivity index (χ0n) is 17.8. The van der Waals surface area contributed by atoms with Gasteiger partial charge in [0.2, 0.25) is 5.90 Å². The fourth-order valence-electron chi connectivity index (χ4n) is 2.77. The number of ether oxygens (including phenoxy) is 4. The van der Waals surface area contributed by atoms with Crippen LogP contribution >= 0.6 is 0 Å². The van der Waals surface area contributed by atoms with Crippen LogP contribution in [0.3, 0.4) is 0 Å². The summed E-state index contributed by atoms with van der Waals surface area (Å²) >= 11 is 0. The molecule has 1 unspecified atom stereocenters. The number of aliphatic imine (C=N–C) groups is 1.